The number of rotatable bonds is 8. The lowest BCUT2D eigenvalue weighted by Crippen LogP contribution is -2.37. The number of hydrogen-bond donors (Lipinski definition) is 2. The first-order chi connectivity index (χ1) is 8.36. The second-order valence-electron chi connectivity index (χ2n) is 4.41. The van der Waals surface area contributed by atoms with Crippen molar-refractivity contribution < 1.29 is 13.8 Å². The second kappa shape index (κ2) is 9.04. The smallest absolute Gasteiger partial charge is 0.234 e. The Morgan fingerprint density at radius 3 is 2.44 bits per heavy atom. The average molecular weight is 277 g/mol. The van der Waals surface area contributed by atoms with E-state index in [1.807, 2.05) is 13.8 Å². The van der Waals surface area contributed by atoms with Gasteiger partial charge in [0.2, 0.25) is 11.8 Å². The van der Waals surface area contributed by atoms with Crippen LogP contribution in [0.1, 0.15) is 20.3 Å². The third-order valence-corrected chi connectivity index (χ3v) is 3.30. The summed E-state index contributed by atoms with van der Waals surface area (Å²) in [5, 5.41) is 2.64. The molecule has 7 heteroatoms. The third kappa shape index (κ3) is 8.19. The minimum Gasteiger partial charge on any atom is -0.353 e. The van der Waals surface area contributed by atoms with E-state index in [0.717, 1.165) is 0 Å². The number of carbonyl (C=O) groups excluding carboxylic acids is 2. The van der Waals surface area contributed by atoms with Crippen molar-refractivity contribution in [2.75, 3.05) is 31.6 Å². The lowest BCUT2D eigenvalue weighted by atomic mass is 10.4. The van der Waals surface area contributed by atoms with Crippen LogP contribution >= 0.6 is 0 Å². The fourth-order valence-corrected chi connectivity index (χ4v) is 2.24. The molecule has 0 saturated heterocycles. The summed E-state index contributed by atoms with van der Waals surface area (Å²) in [7, 11) is 0.185. The molecule has 18 heavy (non-hydrogen) atoms. The highest BCUT2D eigenvalue weighted by Crippen LogP contribution is 1.92. The van der Waals surface area contributed by atoms with Crippen LogP contribution in [0.4, 0.5) is 0 Å². The van der Waals surface area contributed by atoms with E-state index < -0.39 is 10.8 Å². The monoisotopic (exact) mass is 277 g/mol. The summed E-state index contributed by atoms with van der Waals surface area (Å²) in [5.41, 5.74) is 5.34. The molecular formula is C11H23N3O3S. The SMILES string of the molecule is CC(C)NC(=O)CS(=O)CC(=O)N(C)CCCN. The molecule has 0 aromatic rings. The molecule has 1 atom stereocenters. The van der Waals surface area contributed by atoms with Crippen LogP contribution in [0.2, 0.25) is 0 Å². The Morgan fingerprint density at radius 1 is 1.33 bits per heavy atom. The van der Waals surface area contributed by atoms with E-state index in [4.69, 9.17) is 5.73 Å². The Kier molecular flexibility index (Phi) is 8.57. The first-order valence-corrected chi connectivity index (χ1v) is 7.44. The fourth-order valence-electron chi connectivity index (χ4n) is 1.26. The van der Waals surface area contributed by atoms with Crippen molar-refractivity contribution in [1.82, 2.24) is 10.2 Å². The molecule has 0 bridgehead atoms. The molecule has 6 nitrogen and oxygen atoms in total. The maximum Gasteiger partial charge on any atom is 0.234 e. The topological polar surface area (TPSA) is 92.5 Å². The van der Waals surface area contributed by atoms with Gasteiger partial charge >= 0.3 is 0 Å². The summed E-state index contributed by atoms with van der Waals surface area (Å²) >= 11 is 0. The Balaban J connectivity index is 4.00. The van der Waals surface area contributed by atoms with Crippen molar-refractivity contribution in [2.45, 2.75) is 26.3 Å². The van der Waals surface area contributed by atoms with E-state index >= 15 is 0 Å². The standard InChI is InChI=1S/C11H23N3O3S/c1-9(2)13-10(15)7-18(17)8-11(16)14(3)6-4-5-12/h9H,4-8,12H2,1-3H3,(H,13,15). The molecule has 0 aliphatic heterocycles. The van der Waals surface area contributed by atoms with E-state index in [-0.39, 0.29) is 29.4 Å². The van der Waals surface area contributed by atoms with E-state index in [9.17, 15) is 13.8 Å². The maximum atomic E-state index is 11.6. The summed E-state index contributed by atoms with van der Waals surface area (Å²) in [6.07, 6.45) is 0.711. The first kappa shape index (κ1) is 17.1. The van der Waals surface area contributed by atoms with Gasteiger partial charge in [-0.05, 0) is 26.8 Å². The zero-order valence-corrected chi connectivity index (χ0v) is 12.1. The summed E-state index contributed by atoms with van der Waals surface area (Å²) in [6, 6.07) is 0.0115. The van der Waals surface area contributed by atoms with Crippen molar-refractivity contribution in [3.05, 3.63) is 0 Å². The van der Waals surface area contributed by atoms with Gasteiger partial charge in [-0.1, -0.05) is 0 Å². The van der Waals surface area contributed by atoms with Crippen molar-refractivity contribution in [3.8, 4) is 0 Å². The molecule has 0 aliphatic rings. The van der Waals surface area contributed by atoms with Crippen LogP contribution < -0.4 is 11.1 Å². The molecule has 2 amide bonds. The minimum absolute atomic E-state index is 0.0115. The van der Waals surface area contributed by atoms with E-state index in [0.29, 0.717) is 19.5 Å². The van der Waals surface area contributed by atoms with Gasteiger partial charge in [0, 0.05) is 30.4 Å². The molecule has 0 aromatic heterocycles. The molecule has 0 rings (SSSR count). The lowest BCUT2D eigenvalue weighted by Gasteiger charge is -2.16. The Labute approximate surface area is 111 Å². The van der Waals surface area contributed by atoms with Gasteiger partial charge in [-0.25, -0.2) is 0 Å². The number of nitrogens with zero attached hydrogens (tertiary/aromatic N) is 1. The van der Waals surface area contributed by atoms with Crippen molar-refractivity contribution in [3.63, 3.8) is 0 Å². The Bertz CT molecular complexity index is 308. The molecule has 3 N–H and O–H groups in total. The molecule has 0 fully saturated rings. The molecular weight excluding hydrogens is 254 g/mol. The predicted octanol–water partition coefficient (Wildman–Crippen LogP) is -0.933. The van der Waals surface area contributed by atoms with Crippen LogP contribution in [-0.4, -0.2) is 58.6 Å². The highest BCUT2D eigenvalue weighted by molar-refractivity contribution is 7.86. The van der Waals surface area contributed by atoms with Crippen LogP contribution in [-0.2, 0) is 20.4 Å². The maximum absolute atomic E-state index is 11.6. The predicted molar refractivity (Wildman–Crippen MR) is 72.5 cm³/mol. The zero-order valence-electron chi connectivity index (χ0n) is 11.3. The molecule has 0 spiro atoms. The number of hydrogen-bond acceptors (Lipinski definition) is 4. The van der Waals surface area contributed by atoms with Gasteiger partial charge < -0.3 is 16.0 Å². The molecule has 0 aromatic carbocycles. The number of nitrogens with two attached hydrogens (primary N) is 1. The van der Waals surface area contributed by atoms with Crippen molar-refractivity contribution >= 4 is 22.6 Å². The normalized spacial score (nSPS) is 12.3. The average Bonchev–Trinajstić information content (AvgIpc) is 2.23. The summed E-state index contributed by atoms with van der Waals surface area (Å²) in [5.74, 6) is -0.763. The first-order valence-electron chi connectivity index (χ1n) is 5.95. The van der Waals surface area contributed by atoms with Crippen LogP contribution in [0.15, 0.2) is 0 Å². The van der Waals surface area contributed by atoms with Gasteiger partial charge in [-0.15, -0.1) is 0 Å². The molecule has 106 valence electrons. The van der Waals surface area contributed by atoms with Crippen LogP contribution in [0, 0.1) is 0 Å². The van der Waals surface area contributed by atoms with E-state index in [1.54, 1.807) is 7.05 Å². The Hall–Kier alpha value is -0.950. The lowest BCUT2D eigenvalue weighted by molar-refractivity contribution is -0.127. The minimum atomic E-state index is -1.46. The zero-order chi connectivity index (χ0) is 14.1. The highest BCUT2D eigenvalue weighted by Gasteiger charge is 2.15. The van der Waals surface area contributed by atoms with Crippen LogP contribution in [0.5, 0.6) is 0 Å². The highest BCUT2D eigenvalue weighted by atomic mass is 32.2. The fraction of sp³-hybridized carbons (Fsp3) is 0.818. The van der Waals surface area contributed by atoms with Crippen LogP contribution in [0.3, 0.4) is 0 Å². The van der Waals surface area contributed by atoms with Gasteiger partial charge in [0.25, 0.3) is 0 Å². The largest absolute Gasteiger partial charge is 0.353 e. The number of nitrogens with one attached hydrogen (secondary N) is 1. The van der Waals surface area contributed by atoms with Gasteiger partial charge in [0.15, 0.2) is 0 Å². The van der Waals surface area contributed by atoms with E-state index in [2.05, 4.69) is 5.32 Å². The van der Waals surface area contributed by atoms with E-state index in [1.165, 1.54) is 4.90 Å². The van der Waals surface area contributed by atoms with Crippen molar-refractivity contribution in [1.29, 1.82) is 0 Å². The number of amides is 2. The van der Waals surface area contributed by atoms with Gasteiger partial charge in [0.05, 0.1) is 0 Å². The summed E-state index contributed by atoms with van der Waals surface area (Å²) in [6.45, 7) is 4.71. The quantitative estimate of drug-likeness (QED) is 0.599. The number of carbonyl (C=O) groups is 2. The van der Waals surface area contributed by atoms with Crippen LogP contribution in [0.25, 0.3) is 0 Å². The Morgan fingerprint density at radius 2 is 1.94 bits per heavy atom. The van der Waals surface area contributed by atoms with Crippen molar-refractivity contribution in [2.24, 2.45) is 5.73 Å². The third-order valence-electron chi connectivity index (χ3n) is 2.15. The molecule has 1 unspecified atom stereocenters. The molecule has 0 radical (unpaired) electrons. The van der Waals surface area contributed by atoms with Gasteiger partial charge in [-0.2, -0.15) is 0 Å². The molecule has 0 aliphatic carbocycles. The molecule has 0 heterocycles. The van der Waals surface area contributed by atoms with Gasteiger partial charge in [-0.3, -0.25) is 13.8 Å². The molecule has 0 saturated carbocycles. The summed E-state index contributed by atoms with van der Waals surface area (Å²) in [4.78, 5) is 24.5. The summed E-state index contributed by atoms with van der Waals surface area (Å²) < 4.78 is 11.6. The second-order valence-corrected chi connectivity index (χ2v) is 5.87. The van der Waals surface area contributed by atoms with Gasteiger partial charge in [0.1, 0.15) is 11.5 Å².